The molecule has 0 radical (unpaired) electrons. The lowest BCUT2D eigenvalue weighted by Gasteiger charge is -2.29. The van der Waals surface area contributed by atoms with Crippen molar-refractivity contribution in [1.82, 2.24) is 9.88 Å². The van der Waals surface area contributed by atoms with Crippen LogP contribution < -0.4 is 4.90 Å². The second kappa shape index (κ2) is 10.8. The quantitative estimate of drug-likeness (QED) is 0.465. The van der Waals surface area contributed by atoms with E-state index in [-0.39, 0.29) is 18.3 Å². The fourth-order valence-corrected chi connectivity index (χ4v) is 5.06. The highest BCUT2D eigenvalue weighted by Crippen LogP contribution is 2.32. The standard InChI is InChI=1S/C23H27N3O2S2.ClH/c1-16-4-5-18(14-17(16)2)22(27)26(9-8-25-10-12-28-13-11-25)23-24-20-7-6-19(29-3)15-21(20)30-23;/h4-7,14-15H,8-13H2,1-3H3;1H. The second-order valence-electron chi connectivity index (χ2n) is 7.54. The molecule has 0 aliphatic carbocycles. The largest absolute Gasteiger partial charge is 0.379 e. The van der Waals surface area contributed by atoms with Crippen LogP contribution in [0.1, 0.15) is 21.5 Å². The zero-order valence-electron chi connectivity index (χ0n) is 18.1. The summed E-state index contributed by atoms with van der Waals surface area (Å²) in [6, 6.07) is 12.2. The zero-order chi connectivity index (χ0) is 21.1. The first-order valence-electron chi connectivity index (χ1n) is 10.2. The first-order valence-corrected chi connectivity index (χ1v) is 12.2. The van der Waals surface area contributed by atoms with E-state index in [1.165, 1.54) is 10.5 Å². The number of amides is 1. The number of ether oxygens (including phenoxy) is 1. The van der Waals surface area contributed by atoms with Crippen LogP contribution in [0.3, 0.4) is 0 Å². The third-order valence-corrected chi connectivity index (χ3v) is 7.32. The molecular weight excluding hydrogens is 450 g/mol. The summed E-state index contributed by atoms with van der Waals surface area (Å²) < 4.78 is 6.57. The van der Waals surface area contributed by atoms with Crippen LogP contribution in [0.15, 0.2) is 41.3 Å². The molecule has 0 bridgehead atoms. The Balaban J connectivity index is 0.00000272. The third kappa shape index (κ3) is 5.59. The molecule has 1 aromatic heterocycles. The van der Waals surface area contributed by atoms with E-state index in [1.54, 1.807) is 23.1 Å². The van der Waals surface area contributed by atoms with Crippen LogP contribution in [-0.4, -0.2) is 61.4 Å². The molecular formula is C23H28ClN3O2S2. The van der Waals surface area contributed by atoms with Crippen LogP contribution in [0.25, 0.3) is 10.2 Å². The van der Waals surface area contributed by atoms with Crippen LogP contribution in [-0.2, 0) is 4.74 Å². The summed E-state index contributed by atoms with van der Waals surface area (Å²) in [6.45, 7) is 8.86. The number of aromatic nitrogens is 1. The highest BCUT2D eigenvalue weighted by molar-refractivity contribution is 7.98. The number of thiazole rings is 1. The van der Waals surface area contributed by atoms with Gasteiger partial charge in [0.2, 0.25) is 0 Å². The van der Waals surface area contributed by atoms with Gasteiger partial charge in [0.15, 0.2) is 5.13 Å². The Hall–Kier alpha value is -1.64. The van der Waals surface area contributed by atoms with Crippen molar-refractivity contribution in [3.63, 3.8) is 0 Å². The monoisotopic (exact) mass is 477 g/mol. The van der Waals surface area contributed by atoms with Crippen molar-refractivity contribution in [3.8, 4) is 0 Å². The molecule has 1 amide bonds. The van der Waals surface area contributed by atoms with Gasteiger partial charge in [-0.3, -0.25) is 14.6 Å². The molecule has 3 aromatic rings. The Labute approximate surface area is 198 Å². The summed E-state index contributed by atoms with van der Waals surface area (Å²) in [7, 11) is 0. The van der Waals surface area contributed by atoms with Crippen molar-refractivity contribution in [2.75, 3.05) is 50.5 Å². The molecule has 0 N–H and O–H groups in total. The van der Waals surface area contributed by atoms with Gasteiger partial charge in [-0.25, -0.2) is 4.98 Å². The van der Waals surface area contributed by atoms with E-state index in [2.05, 4.69) is 30.2 Å². The van der Waals surface area contributed by atoms with Crippen molar-refractivity contribution in [1.29, 1.82) is 0 Å². The summed E-state index contributed by atoms with van der Waals surface area (Å²) in [5.74, 6) is 0.00973. The van der Waals surface area contributed by atoms with Crippen LogP contribution in [0.5, 0.6) is 0 Å². The van der Waals surface area contributed by atoms with E-state index in [9.17, 15) is 4.79 Å². The molecule has 4 rings (SSSR count). The number of halogens is 1. The molecule has 31 heavy (non-hydrogen) atoms. The number of hydrogen-bond donors (Lipinski definition) is 0. The third-order valence-electron chi connectivity index (χ3n) is 5.56. The molecule has 5 nitrogen and oxygen atoms in total. The number of nitrogens with zero attached hydrogens (tertiary/aromatic N) is 3. The number of anilines is 1. The van der Waals surface area contributed by atoms with Crippen molar-refractivity contribution < 1.29 is 9.53 Å². The van der Waals surface area contributed by atoms with Gasteiger partial charge < -0.3 is 4.74 Å². The van der Waals surface area contributed by atoms with Gasteiger partial charge in [0.05, 0.1) is 23.4 Å². The summed E-state index contributed by atoms with van der Waals surface area (Å²) >= 11 is 3.31. The maximum atomic E-state index is 13.5. The normalized spacial score (nSPS) is 14.4. The molecule has 0 unspecified atom stereocenters. The number of carbonyl (C=O) groups excluding carboxylic acids is 1. The minimum atomic E-state index is 0. The van der Waals surface area contributed by atoms with Gasteiger partial charge in [-0.15, -0.1) is 24.2 Å². The molecule has 2 aromatic carbocycles. The molecule has 2 heterocycles. The molecule has 1 saturated heterocycles. The van der Waals surface area contributed by atoms with Gasteiger partial charge >= 0.3 is 0 Å². The minimum Gasteiger partial charge on any atom is -0.379 e. The predicted octanol–water partition coefficient (Wildman–Crippen LogP) is 5.04. The van der Waals surface area contributed by atoms with Gasteiger partial charge in [-0.05, 0) is 61.6 Å². The Morgan fingerprint density at radius 1 is 1.16 bits per heavy atom. The molecule has 1 fully saturated rings. The lowest BCUT2D eigenvalue weighted by atomic mass is 10.1. The Bertz CT molecular complexity index is 1050. The van der Waals surface area contributed by atoms with E-state index in [1.807, 2.05) is 36.1 Å². The molecule has 166 valence electrons. The topological polar surface area (TPSA) is 45.7 Å². The molecule has 0 saturated carbocycles. The molecule has 8 heteroatoms. The fraction of sp³-hybridized carbons (Fsp3) is 0.391. The van der Waals surface area contributed by atoms with Crippen LogP contribution in [0.4, 0.5) is 5.13 Å². The number of carbonyl (C=O) groups is 1. The Kier molecular flexibility index (Phi) is 8.36. The van der Waals surface area contributed by atoms with Gasteiger partial charge in [0.1, 0.15) is 0 Å². The van der Waals surface area contributed by atoms with Gasteiger partial charge in [0.25, 0.3) is 5.91 Å². The first-order chi connectivity index (χ1) is 14.5. The van der Waals surface area contributed by atoms with Crippen molar-refractivity contribution >= 4 is 56.8 Å². The predicted molar refractivity (Wildman–Crippen MR) is 134 cm³/mol. The Morgan fingerprint density at radius 3 is 2.65 bits per heavy atom. The van der Waals surface area contributed by atoms with E-state index >= 15 is 0 Å². The number of thioether (sulfide) groups is 1. The molecule has 0 atom stereocenters. The van der Waals surface area contributed by atoms with E-state index < -0.39 is 0 Å². The number of fused-ring (bicyclic) bond motifs is 1. The van der Waals surface area contributed by atoms with Gasteiger partial charge in [-0.2, -0.15) is 0 Å². The first kappa shape index (κ1) is 24.0. The smallest absolute Gasteiger partial charge is 0.260 e. The second-order valence-corrected chi connectivity index (χ2v) is 9.43. The average Bonchev–Trinajstić information content (AvgIpc) is 3.19. The summed E-state index contributed by atoms with van der Waals surface area (Å²) in [5.41, 5.74) is 3.97. The summed E-state index contributed by atoms with van der Waals surface area (Å²) in [6.07, 6.45) is 2.07. The number of hydrogen-bond acceptors (Lipinski definition) is 6. The highest BCUT2D eigenvalue weighted by Gasteiger charge is 2.23. The van der Waals surface area contributed by atoms with Crippen LogP contribution >= 0.6 is 35.5 Å². The molecule has 1 aliphatic rings. The number of morpholine rings is 1. The number of rotatable bonds is 6. The number of benzene rings is 2. The maximum Gasteiger partial charge on any atom is 0.260 e. The zero-order valence-corrected chi connectivity index (χ0v) is 20.5. The van der Waals surface area contributed by atoms with E-state index in [0.717, 1.165) is 53.8 Å². The Morgan fingerprint density at radius 2 is 1.94 bits per heavy atom. The molecule has 0 spiro atoms. The summed E-state index contributed by atoms with van der Waals surface area (Å²) in [5, 5.41) is 0.764. The van der Waals surface area contributed by atoms with Crippen LogP contribution in [0, 0.1) is 13.8 Å². The minimum absolute atomic E-state index is 0. The van der Waals surface area contributed by atoms with Crippen molar-refractivity contribution in [2.24, 2.45) is 0 Å². The van der Waals surface area contributed by atoms with Crippen LogP contribution in [0.2, 0.25) is 0 Å². The maximum absolute atomic E-state index is 13.5. The van der Waals surface area contributed by atoms with E-state index in [4.69, 9.17) is 9.72 Å². The van der Waals surface area contributed by atoms with Gasteiger partial charge in [0, 0.05) is 36.6 Å². The highest BCUT2D eigenvalue weighted by atomic mass is 35.5. The van der Waals surface area contributed by atoms with E-state index in [0.29, 0.717) is 12.1 Å². The van der Waals surface area contributed by atoms with Crippen molar-refractivity contribution in [3.05, 3.63) is 53.1 Å². The summed E-state index contributed by atoms with van der Waals surface area (Å²) in [4.78, 5) is 23.7. The average molecular weight is 478 g/mol. The lowest BCUT2D eigenvalue weighted by molar-refractivity contribution is 0.0391. The van der Waals surface area contributed by atoms with Crippen molar-refractivity contribution in [2.45, 2.75) is 18.7 Å². The number of aryl methyl sites for hydroxylation is 2. The molecule has 1 aliphatic heterocycles. The lowest BCUT2D eigenvalue weighted by Crippen LogP contribution is -2.43. The van der Waals surface area contributed by atoms with Gasteiger partial charge in [-0.1, -0.05) is 17.4 Å². The SMILES string of the molecule is CSc1ccc2nc(N(CCN3CCOCC3)C(=O)c3ccc(C)c(C)c3)sc2c1.Cl. The fourth-order valence-electron chi connectivity index (χ4n) is 3.52.